The van der Waals surface area contributed by atoms with Gasteiger partial charge in [0.05, 0.1) is 0 Å². The van der Waals surface area contributed by atoms with Crippen molar-refractivity contribution in [3.05, 3.63) is 0 Å². The Labute approximate surface area is 126 Å². The van der Waals surface area contributed by atoms with Crippen molar-refractivity contribution in [3.63, 3.8) is 0 Å². The smallest absolute Gasteiger partial charge is 0.0278 e. The number of rotatable bonds is 3. The molecule has 4 unspecified atom stereocenters. The molecule has 1 saturated heterocycles. The van der Waals surface area contributed by atoms with E-state index >= 15 is 0 Å². The molecule has 0 aromatic rings. The Balaban J connectivity index is 2.10. The molecule has 1 saturated carbocycles. The lowest BCUT2D eigenvalue weighted by molar-refractivity contribution is 0.0189. The van der Waals surface area contributed by atoms with Gasteiger partial charge in [-0.1, -0.05) is 40.5 Å². The maximum atomic E-state index is 3.83. The second-order valence-electron chi connectivity index (χ2n) is 8.05. The second kappa shape index (κ2) is 6.79. The van der Waals surface area contributed by atoms with Gasteiger partial charge in [0.25, 0.3) is 0 Å². The summed E-state index contributed by atoms with van der Waals surface area (Å²) in [6.45, 7) is 14.4. The molecular weight excluding hydrogens is 244 g/mol. The number of hydrogen-bond donors (Lipinski definition) is 1. The van der Waals surface area contributed by atoms with Crippen LogP contribution in [0.1, 0.15) is 73.1 Å². The molecule has 2 nitrogen and oxygen atoms in total. The van der Waals surface area contributed by atoms with E-state index in [2.05, 4.69) is 44.8 Å². The summed E-state index contributed by atoms with van der Waals surface area (Å²) in [4.78, 5) is 2.89. The van der Waals surface area contributed by atoms with Crippen molar-refractivity contribution in [1.29, 1.82) is 0 Å². The first kappa shape index (κ1) is 16.3. The van der Waals surface area contributed by atoms with Crippen LogP contribution in [0.3, 0.4) is 0 Å². The molecule has 0 bridgehead atoms. The Hall–Kier alpha value is -0.0800. The highest BCUT2D eigenvalue weighted by Crippen LogP contribution is 2.32. The van der Waals surface area contributed by atoms with Gasteiger partial charge in [-0.3, -0.25) is 4.90 Å². The predicted molar refractivity (Wildman–Crippen MR) is 88.1 cm³/mol. The van der Waals surface area contributed by atoms with Gasteiger partial charge in [-0.05, 0) is 44.4 Å². The first-order valence-electron chi connectivity index (χ1n) is 8.96. The van der Waals surface area contributed by atoms with Crippen molar-refractivity contribution in [2.24, 2.45) is 11.8 Å². The van der Waals surface area contributed by atoms with E-state index in [1.165, 1.54) is 51.6 Å². The van der Waals surface area contributed by atoms with Crippen LogP contribution < -0.4 is 5.32 Å². The number of piperazine rings is 1. The molecule has 2 heteroatoms. The quantitative estimate of drug-likeness (QED) is 0.785. The maximum absolute atomic E-state index is 3.83. The maximum Gasteiger partial charge on any atom is 0.0278 e. The first-order valence-corrected chi connectivity index (χ1v) is 8.96. The van der Waals surface area contributed by atoms with Crippen LogP contribution in [0.15, 0.2) is 0 Å². The van der Waals surface area contributed by atoms with Crippen LogP contribution in [-0.2, 0) is 0 Å². The van der Waals surface area contributed by atoms with Gasteiger partial charge in [0.15, 0.2) is 0 Å². The van der Waals surface area contributed by atoms with E-state index < -0.39 is 0 Å². The third-order valence-electron chi connectivity index (χ3n) is 5.94. The SMILES string of the molecule is CCC1(C)CN(C2CCCC(C)CC2)C(C(C)C)CN1. The molecule has 0 spiro atoms. The van der Waals surface area contributed by atoms with Crippen molar-refractivity contribution in [1.82, 2.24) is 10.2 Å². The fourth-order valence-corrected chi connectivity index (χ4v) is 4.10. The first-order chi connectivity index (χ1) is 9.45. The minimum Gasteiger partial charge on any atom is -0.309 e. The van der Waals surface area contributed by atoms with Gasteiger partial charge >= 0.3 is 0 Å². The van der Waals surface area contributed by atoms with Crippen molar-refractivity contribution in [2.45, 2.75) is 90.8 Å². The Kier molecular flexibility index (Phi) is 5.53. The molecule has 0 amide bonds. The Bertz CT molecular complexity index is 302. The summed E-state index contributed by atoms with van der Waals surface area (Å²) in [6.07, 6.45) is 8.39. The monoisotopic (exact) mass is 280 g/mol. The lowest BCUT2D eigenvalue weighted by Crippen LogP contribution is -2.66. The zero-order valence-corrected chi connectivity index (χ0v) is 14.4. The highest BCUT2D eigenvalue weighted by molar-refractivity contribution is 4.98. The Morgan fingerprint density at radius 2 is 1.95 bits per heavy atom. The molecule has 2 rings (SSSR count). The van der Waals surface area contributed by atoms with Gasteiger partial charge in [-0.25, -0.2) is 0 Å². The summed E-state index contributed by atoms with van der Waals surface area (Å²) < 4.78 is 0. The standard InChI is InChI=1S/C18H36N2/c1-6-18(5)13-20(17(12-19-18)14(2)3)16-9-7-8-15(4)10-11-16/h14-17,19H,6-13H2,1-5H3. The zero-order chi connectivity index (χ0) is 14.8. The molecule has 1 aliphatic heterocycles. The number of nitrogens with one attached hydrogen (secondary N) is 1. The van der Waals surface area contributed by atoms with Crippen LogP contribution in [0.25, 0.3) is 0 Å². The van der Waals surface area contributed by atoms with E-state index in [4.69, 9.17) is 0 Å². The van der Waals surface area contributed by atoms with E-state index in [1.807, 2.05) is 0 Å². The van der Waals surface area contributed by atoms with E-state index in [-0.39, 0.29) is 0 Å². The highest BCUT2D eigenvalue weighted by atomic mass is 15.3. The molecule has 2 fully saturated rings. The van der Waals surface area contributed by atoms with E-state index in [0.717, 1.165) is 23.9 Å². The average Bonchev–Trinajstić information content (AvgIpc) is 2.63. The summed E-state index contributed by atoms with van der Waals surface area (Å²) >= 11 is 0. The summed E-state index contributed by atoms with van der Waals surface area (Å²) in [5.74, 6) is 1.70. The predicted octanol–water partition coefficient (Wildman–Crippen LogP) is 4.05. The van der Waals surface area contributed by atoms with Crippen LogP contribution in [0.4, 0.5) is 0 Å². The summed E-state index contributed by atoms with van der Waals surface area (Å²) in [7, 11) is 0. The highest BCUT2D eigenvalue weighted by Gasteiger charge is 2.39. The van der Waals surface area contributed by atoms with Gasteiger partial charge in [-0.15, -0.1) is 0 Å². The van der Waals surface area contributed by atoms with Crippen LogP contribution in [0, 0.1) is 11.8 Å². The number of nitrogens with zero attached hydrogens (tertiary/aromatic N) is 1. The molecule has 1 heterocycles. The van der Waals surface area contributed by atoms with Gasteiger partial charge in [0, 0.05) is 30.7 Å². The molecule has 118 valence electrons. The third-order valence-corrected chi connectivity index (χ3v) is 5.94. The number of hydrogen-bond acceptors (Lipinski definition) is 2. The molecular formula is C18H36N2. The minimum atomic E-state index is 0.323. The lowest BCUT2D eigenvalue weighted by atomic mass is 9.87. The van der Waals surface area contributed by atoms with Crippen molar-refractivity contribution < 1.29 is 0 Å². The fourth-order valence-electron chi connectivity index (χ4n) is 4.10. The molecule has 1 aliphatic carbocycles. The Morgan fingerprint density at radius 3 is 2.60 bits per heavy atom. The van der Waals surface area contributed by atoms with Crippen molar-refractivity contribution in [2.75, 3.05) is 13.1 Å². The Morgan fingerprint density at radius 1 is 1.20 bits per heavy atom. The van der Waals surface area contributed by atoms with Gasteiger partial charge in [0.2, 0.25) is 0 Å². The van der Waals surface area contributed by atoms with Gasteiger partial charge in [0.1, 0.15) is 0 Å². The average molecular weight is 280 g/mol. The molecule has 0 aromatic heterocycles. The van der Waals surface area contributed by atoms with Crippen LogP contribution in [0.5, 0.6) is 0 Å². The molecule has 20 heavy (non-hydrogen) atoms. The molecule has 0 aromatic carbocycles. The molecule has 0 radical (unpaired) electrons. The molecule has 1 N–H and O–H groups in total. The third kappa shape index (κ3) is 3.76. The topological polar surface area (TPSA) is 15.3 Å². The van der Waals surface area contributed by atoms with Gasteiger partial charge in [-0.2, -0.15) is 0 Å². The summed E-state index contributed by atoms with van der Waals surface area (Å²) in [6, 6.07) is 1.56. The normalized spacial score (nSPS) is 40.8. The lowest BCUT2D eigenvalue weighted by Gasteiger charge is -2.50. The fraction of sp³-hybridized carbons (Fsp3) is 1.00. The van der Waals surface area contributed by atoms with Crippen molar-refractivity contribution in [3.8, 4) is 0 Å². The largest absolute Gasteiger partial charge is 0.309 e. The zero-order valence-electron chi connectivity index (χ0n) is 14.4. The second-order valence-corrected chi connectivity index (χ2v) is 8.05. The summed E-state index contributed by atoms with van der Waals surface area (Å²) in [5, 5.41) is 3.83. The van der Waals surface area contributed by atoms with Gasteiger partial charge < -0.3 is 5.32 Å². The van der Waals surface area contributed by atoms with E-state index in [1.54, 1.807) is 0 Å². The molecule has 4 atom stereocenters. The van der Waals surface area contributed by atoms with Crippen LogP contribution in [-0.4, -0.2) is 35.6 Å². The van der Waals surface area contributed by atoms with E-state index in [9.17, 15) is 0 Å². The summed E-state index contributed by atoms with van der Waals surface area (Å²) in [5.41, 5.74) is 0.323. The molecule has 2 aliphatic rings. The van der Waals surface area contributed by atoms with Crippen LogP contribution >= 0.6 is 0 Å². The minimum absolute atomic E-state index is 0.323. The van der Waals surface area contributed by atoms with E-state index in [0.29, 0.717) is 5.54 Å². The van der Waals surface area contributed by atoms with Crippen molar-refractivity contribution >= 4 is 0 Å². The van der Waals surface area contributed by atoms with Crippen LogP contribution in [0.2, 0.25) is 0 Å².